The summed E-state index contributed by atoms with van der Waals surface area (Å²) in [6.45, 7) is -0.153. The Kier molecular flexibility index (Phi) is 3.12. The van der Waals surface area contributed by atoms with Crippen molar-refractivity contribution in [2.75, 3.05) is 11.4 Å². The predicted molar refractivity (Wildman–Crippen MR) is 62.7 cm³/mol. The summed E-state index contributed by atoms with van der Waals surface area (Å²) < 4.78 is 13.5. The first-order valence-corrected chi connectivity index (χ1v) is 5.65. The second-order valence-corrected chi connectivity index (χ2v) is 4.56. The fraction of sp³-hybridized carbons (Fsp3) is 0.200. The van der Waals surface area contributed by atoms with E-state index in [9.17, 15) is 24.1 Å². The van der Waals surface area contributed by atoms with Crippen LogP contribution in [0.5, 0.6) is 0 Å². The number of carbonyl (C=O) groups excluding carboxylic acids is 2. The number of halogens is 2. The van der Waals surface area contributed by atoms with Gasteiger partial charge in [0, 0.05) is 10.5 Å². The molecule has 0 radical (unpaired) electrons. The molecule has 0 atom stereocenters. The summed E-state index contributed by atoms with van der Waals surface area (Å²) in [5.74, 6) is -1.74. The fourth-order valence-corrected chi connectivity index (χ4v) is 2.21. The van der Waals surface area contributed by atoms with E-state index < -0.39 is 22.3 Å². The van der Waals surface area contributed by atoms with Crippen LogP contribution < -0.4 is 4.90 Å². The molecule has 94 valence electrons. The molecule has 1 aliphatic heterocycles. The normalized spacial score (nSPS) is 15.3. The van der Waals surface area contributed by atoms with Crippen molar-refractivity contribution in [2.24, 2.45) is 0 Å². The highest BCUT2D eigenvalue weighted by Gasteiger charge is 2.31. The number of nitro groups is 1. The largest absolute Gasteiger partial charge is 0.306 e. The van der Waals surface area contributed by atoms with E-state index in [1.165, 1.54) is 0 Å². The summed E-state index contributed by atoms with van der Waals surface area (Å²) in [5.41, 5.74) is -0.612. The SMILES string of the molecule is O=C1CC(=O)N(c2cc([N+](=O)[O-])c(F)cc2Br)C1. The Bertz CT molecular complexity index is 575. The first-order valence-electron chi connectivity index (χ1n) is 4.85. The third-order valence-corrected chi connectivity index (χ3v) is 3.12. The maximum absolute atomic E-state index is 13.3. The van der Waals surface area contributed by atoms with E-state index >= 15 is 0 Å². The van der Waals surface area contributed by atoms with Crippen molar-refractivity contribution in [2.45, 2.75) is 6.42 Å². The molecule has 1 heterocycles. The minimum absolute atomic E-state index is 0.124. The summed E-state index contributed by atoms with van der Waals surface area (Å²) in [6, 6.07) is 1.85. The average Bonchev–Trinajstić information content (AvgIpc) is 2.57. The molecule has 0 bridgehead atoms. The highest BCUT2D eigenvalue weighted by atomic mass is 79.9. The van der Waals surface area contributed by atoms with Crippen LogP contribution in [0, 0.1) is 15.9 Å². The number of benzene rings is 1. The number of ketones is 1. The van der Waals surface area contributed by atoms with Gasteiger partial charge in [-0.3, -0.25) is 19.7 Å². The molecule has 0 N–H and O–H groups in total. The molecular formula is C10H6BrFN2O4. The lowest BCUT2D eigenvalue weighted by Gasteiger charge is -2.16. The lowest BCUT2D eigenvalue weighted by Crippen LogP contribution is -2.25. The molecule has 1 aromatic rings. The van der Waals surface area contributed by atoms with Gasteiger partial charge >= 0.3 is 5.69 Å². The zero-order valence-corrected chi connectivity index (χ0v) is 10.4. The second-order valence-electron chi connectivity index (χ2n) is 3.71. The summed E-state index contributed by atoms with van der Waals surface area (Å²) in [7, 11) is 0. The van der Waals surface area contributed by atoms with Gasteiger partial charge in [-0.1, -0.05) is 0 Å². The molecule has 0 aliphatic carbocycles. The van der Waals surface area contributed by atoms with Gasteiger partial charge in [-0.15, -0.1) is 0 Å². The molecule has 0 spiro atoms. The summed E-state index contributed by atoms with van der Waals surface area (Å²) in [6.07, 6.45) is -0.238. The number of carbonyl (C=O) groups is 2. The Labute approximate surface area is 109 Å². The van der Waals surface area contributed by atoms with E-state index in [-0.39, 0.29) is 28.9 Å². The van der Waals surface area contributed by atoms with Crippen molar-refractivity contribution in [3.05, 3.63) is 32.5 Å². The van der Waals surface area contributed by atoms with E-state index in [0.717, 1.165) is 17.0 Å². The number of nitro benzene ring substituents is 1. The maximum atomic E-state index is 13.3. The van der Waals surface area contributed by atoms with Gasteiger partial charge in [0.25, 0.3) is 0 Å². The first kappa shape index (κ1) is 12.6. The summed E-state index contributed by atoms with van der Waals surface area (Å²) in [5, 5.41) is 10.6. The zero-order valence-electron chi connectivity index (χ0n) is 8.85. The third-order valence-electron chi connectivity index (χ3n) is 2.49. The molecule has 1 aliphatic rings. The Morgan fingerprint density at radius 1 is 1.39 bits per heavy atom. The molecule has 0 saturated carbocycles. The molecule has 1 aromatic carbocycles. The van der Waals surface area contributed by atoms with Crippen molar-refractivity contribution in [3.8, 4) is 0 Å². The van der Waals surface area contributed by atoms with Crippen LogP contribution in [0.2, 0.25) is 0 Å². The molecule has 8 heteroatoms. The van der Waals surface area contributed by atoms with Crippen LogP contribution in [0.15, 0.2) is 16.6 Å². The average molecular weight is 317 g/mol. The lowest BCUT2D eigenvalue weighted by molar-refractivity contribution is -0.387. The van der Waals surface area contributed by atoms with Gasteiger partial charge in [0.1, 0.15) is 0 Å². The van der Waals surface area contributed by atoms with E-state index in [4.69, 9.17) is 0 Å². The Morgan fingerprint density at radius 3 is 2.56 bits per heavy atom. The van der Waals surface area contributed by atoms with E-state index in [2.05, 4.69) is 15.9 Å². The number of anilines is 1. The highest BCUT2D eigenvalue weighted by molar-refractivity contribution is 9.10. The highest BCUT2D eigenvalue weighted by Crippen LogP contribution is 2.34. The number of nitrogens with zero attached hydrogens (tertiary/aromatic N) is 2. The molecule has 18 heavy (non-hydrogen) atoms. The minimum Gasteiger partial charge on any atom is -0.303 e. The van der Waals surface area contributed by atoms with Crippen LogP contribution in [-0.4, -0.2) is 23.2 Å². The van der Waals surface area contributed by atoms with Crippen LogP contribution in [-0.2, 0) is 9.59 Å². The quantitative estimate of drug-likeness (QED) is 0.473. The molecule has 0 unspecified atom stereocenters. The van der Waals surface area contributed by atoms with Crippen LogP contribution in [0.1, 0.15) is 6.42 Å². The molecule has 1 saturated heterocycles. The first-order chi connectivity index (χ1) is 8.40. The molecular weight excluding hydrogens is 311 g/mol. The number of Topliss-reactive ketones (excluding diaryl/α,β-unsaturated/α-hetero) is 1. The third kappa shape index (κ3) is 2.10. The van der Waals surface area contributed by atoms with Crippen molar-refractivity contribution in [3.63, 3.8) is 0 Å². The molecule has 6 nitrogen and oxygen atoms in total. The summed E-state index contributed by atoms with van der Waals surface area (Å²) >= 11 is 3.02. The number of amides is 1. The van der Waals surface area contributed by atoms with Gasteiger partial charge in [-0.25, -0.2) is 0 Å². The van der Waals surface area contributed by atoms with Crippen LogP contribution >= 0.6 is 15.9 Å². The van der Waals surface area contributed by atoms with Crippen molar-refractivity contribution in [1.29, 1.82) is 0 Å². The van der Waals surface area contributed by atoms with Crippen LogP contribution in [0.3, 0.4) is 0 Å². The van der Waals surface area contributed by atoms with Crippen LogP contribution in [0.4, 0.5) is 15.8 Å². The number of rotatable bonds is 2. The van der Waals surface area contributed by atoms with Gasteiger partial charge in [-0.05, 0) is 22.0 Å². The van der Waals surface area contributed by atoms with E-state index in [1.807, 2.05) is 0 Å². The van der Waals surface area contributed by atoms with Crippen LogP contribution in [0.25, 0.3) is 0 Å². The van der Waals surface area contributed by atoms with E-state index in [0.29, 0.717) is 0 Å². The smallest absolute Gasteiger partial charge is 0.303 e. The van der Waals surface area contributed by atoms with Crippen molar-refractivity contribution in [1.82, 2.24) is 0 Å². The van der Waals surface area contributed by atoms with Gasteiger partial charge < -0.3 is 4.90 Å². The van der Waals surface area contributed by atoms with Gasteiger partial charge in [0.2, 0.25) is 11.7 Å². The Morgan fingerprint density at radius 2 is 2.06 bits per heavy atom. The molecule has 1 fully saturated rings. The molecule has 1 amide bonds. The molecule has 2 rings (SSSR count). The standard InChI is InChI=1S/C10H6BrFN2O4/c11-6-2-7(12)9(14(17)18)3-8(6)13-4-5(15)1-10(13)16/h2-3H,1,4H2. The fourth-order valence-electron chi connectivity index (χ4n) is 1.68. The monoisotopic (exact) mass is 316 g/mol. The number of hydrogen-bond donors (Lipinski definition) is 0. The minimum atomic E-state index is -1.01. The van der Waals surface area contributed by atoms with E-state index in [1.54, 1.807) is 0 Å². The Balaban J connectivity index is 2.51. The Hall–Kier alpha value is -1.83. The zero-order chi connectivity index (χ0) is 13.4. The molecule has 0 aromatic heterocycles. The lowest BCUT2D eigenvalue weighted by atomic mass is 10.2. The van der Waals surface area contributed by atoms with Gasteiger partial charge in [0.05, 0.1) is 23.6 Å². The summed E-state index contributed by atoms with van der Waals surface area (Å²) in [4.78, 5) is 33.5. The second kappa shape index (κ2) is 4.45. The van der Waals surface area contributed by atoms with Crippen molar-refractivity contribution >= 4 is 39.0 Å². The predicted octanol–water partition coefficient (Wildman–Crippen LogP) is 1.80. The topological polar surface area (TPSA) is 80.5 Å². The van der Waals surface area contributed by atoms with Gasteiger partial charge in [-0.2, -0.15) is 4.39 Å². The van der Waals surface area contributed by atoms with Crippen molar-refractivity contribution < 1.29 is 18.9 Å². The maximum Gasteiger partial charge on any atom is 0.306 e. The number of hydrogen-bond acceptors (Lipinski definition) is 4. The van der Waals surface area contributed by atoms with Gasteiger partial charge in [0.15, 0.2) is 5.78 Å².